The Kier molecular flexibility index (Phi) is 6.40. The van der Waals surface area contributed by atoms with Gasteiger partial charge in [0.15, 0.2) is 0 Å². The van der Waals surface area contributed by atoms with E-state index in [1.54, 1.807) is 18.4 Å². The predicted octanol–water partition coefficient (Wildman–Crippen LogP) is 2.33. The lowest BCUT2D eigenvalue weighted by Crippen LogP contribution is -2.44. The highest BCUT2D eigenvalue weighted by atomic mass is 16.3. The van der Waals surface area contributed by atoms with E-state index in [-0.39, 0.29) is 37.5 Å². The number of nitrogens with one attached hydrogen (secondary N) is 1. The summed E-state index contributed by atoms with van der Waals surface area (Å²) < 4.78 is 5.37. The molecule has 4 rings (SSSR count). The second-order valence-electron chi connectivity index (χ2n) is 7.89. The van der Waals surface area contributed by atoms with Crippen LogP contribution in [0.15, 0.2) is 47.1 Å². The summed E-state index contributed by atoms with van der Waals surface area (Å²) in [4.78, 5) is 28.2. The largest absolute Gasteiger partial charge is 0.467 e. The van der Waals surface area contributed by atoms with E-state index in [0.29, 0.717) is 11.6 Å². The zero-order valence-electron chi connectivity index (χ0n) is 17.5. The molecular formula is C22H26N6O3. The highest BCUT2D eigenvalue weighted by Crippen LogP contribution is 2.18. The van der Waals surface area contributed by atoms with Crippen LogP contribution in [0.5, 0.6) is 0 Å². The van der Waals surface area contributed by atoms with Crippen LogP contribution >= 0.6 is 0 Å². The van der Waals surface area contributed by atoms with Crippen molar-refractivity contribution in [3.63, 3.8) is 0 Å². The number of hydrogen-bond acceptors (Lipinski definition) is 6. The van der Waals surface area contributed by atoms with Crippen LogP contribution in [-0.4, -0.2) is 49.5 Å². The number of amides is 2. The zero-order valence-corrected chi connectivity index (χ0v) is 17.5. The van der Waals surface area contributed by atoms with Crippen molar-refractivity contribution < 1.29 is 14.0 Å². The minimum atomic E-state index is -0.286. The molecule has 1 saturated carbocycles. The van der Waals surface area contributed by atoms with Crippen LogP contribution in [-0.2, 0) is 22.7 Å². The Morgan fingerprint density at radius 1 is 1.19 bits per heavy atom. The molecule has 2 aromatic heterocycles. The number of hydrogen-bond donors (Lipinski definition) is 1. The van der Waals surface area contributed by atoms with Crippen LogP contribution < -0.4 is 5.32 Å². The van der Waals surface area contributed by atoms with E-state index in [9.17, 15) is 9.59 Å². The molecule has 31 heavy (non-hydrogen) atoms. The van der Waals surface area contributed by atoms with Gasteiger partial charge in [-0.15, -0.1) is 10.2 Å². The molecule has 0 bridgehead atoms. The Morgan fingerprint density at radius 3 is 2.68 bits per heavy atom. The molecule has 2 heterocycles. The number of benzene rings is 1. The molecule has 9 nitrogen and oxygen atoms in total. The van der Waals surface area contributed by atoms with E-state index in [2.05, 4.69) is 20.7 Å². The van der Waals surface area contributed by atoms with Crippen molar-refractivity contribution in [3.05, 3.63) is 54.0 Å². The molecule has 0 aliphatic heterocycles. The maximum Gasteiger partial charge on any atom is 0.247 e. The van der Waals surface area contributed by atoms with Crippen LogP contribution in [0.25, 0.3) is 11.4 Å². The standard InChI is InChI=1S/C22H26N6O3/c1-16-8-10-17(11-9-16)22-24-26-28(25-22)15-21(30)27(13-19-7-4-12-31-19)14-20(29)23-18-5-2-3-6-18/h4,7-12,18H,2-3,5-6,13-15H2,1H3,(H,23,29). The normalized spacial score (nSPS) is 14.0. The van der Waals surface area contributed by atoms with Gasteiger partial charge in [-0.3, -0.25) is 9.59 Å². The van der Waals surface area contributed by atoms with Crippen molar-refractivity contribution in [2.45, 2.75) is 51.7 Å². The van der Waals surface area contributed by atoms with E-state index >= 15 is 0 Å². The molecule has 0 unspecified atom stereocenters. The molecule has 1 fully saturated rings. The van der Waals surface area contributed by atoms with Crippen molar-refractivity contribution in [2.75, 3.05) is 6.54 Å². The van der Waals surface area contributed by atoms with Gasteiger partial charge in [-0.2, -0.15) is 4.80 Å². The first-order valence-electron chi connectivity index (χ1n) is 10.5. The molecule has 0 saturated heterocycles. The Labute approximate surface area is 180 Å². The number of aryl methyl sites for hydroxylation is 1. The molecule has 1 aliphatic rings. The number of furan rings is 1. The van der Waals surface area contributed by atoms with Crippen molar-refractivity contribution in [2.24, 2.45) is 0 Å². The molecule has 3 aromatic rings. The summed E-state index contributed by atoms with van der Waals surface area (Å²) in [6.45, 7) is 2.04. The summed E-state index contributed by atoms with van der Waals surface area (Å²) in [6.07, 6.45) is 5.77. The molecular weight excluding hydrogens is 396 g/mol. The van der Waals surface area contributed by atoms with Gasteiger partial charge in [-0.05, 0) is 37.1 Å². The zero-order chi connectivity index (χ0) is 21.6. The molecule has 9 heteroatoms. The van der Waals surface area contributed by atoms with Crippen molar-refractivity contribution in [3.8, 4) is 11.4 Å². The smallest absolute Gasteiger partial charge is 0.247 e. The monoisotopic (exact) mass is 422 g/mol. The summed E-state index contributed by atoms with van der Waals surface area (Å²) in [5.41, 5.74) is 1.96. The Hall–Kier alpha value is -3.49. The lowest BCUT2D eigenvalue weighted by Gasteiger charge is -2.22. The molecule has 1 N–H and O–H groups in total. The minimum absolute atomic E-state index is 0.0461. The Bertz CT molecular complexity index is 1010. The molecule has 1 aliphatic carbocycles. The third kappa shape index (κ3) is 5.56. The average Bonchev–Trinajstić information content (AvgIpc) is 3.51. The molecule has 0 atom stereocenters. The first kappa shape index (κ1) is 20.8. The lowest BCUT2D eigenvalue weighted by molar-refractivity contribution is -0.138. The summed E-state index contributed by atoms with van der Waals surface area (Å²) in [5.74, 6) is 0.600. The van der Waals surface area contributed by atoms with Crippen LogP contribution in [0.2, 0.25) is 0 Å². The summed E-state index contributed by atoms with van der Waals surface area (Å²) in [5, 5.41) is 15.4. The molecule has 2 amide bonds. The summed E-state index contributed by atoms with van der Waals surface area (Å²) in [7, 11) is 0. The van der Waals surface area contributed by atoms with Crippen molar-refractivity contribution in [1.82, 2.24) is 30.4 Å². The highest BCUT2D eigenvalue weighted by molar-refractivity contribution is 5.84. The van der Waals surface area contributed by atoms with Crippen LogP contribution in [0.3, 0.4) is 0 Å². The van der Waals surface area contributed by atoms with Gasteiger partial charge in [0.25, 0.3) is 0 Å². The van der Waals surface area contributed by atoms with Gasteiger partial charge in [-0.25, -0.2) is 0 Å². The van der Waals surface area contributed by atoms with Crippen molar-refractivity contribution in [1.29, 1.82) is 0 Å². The SMILES string of the molecule is Cc1ccc(-c2nnn(CC(=O)N(CC(=O)NC3CCCC3)Cc3ccco3)n2)cc1. The second kappa shape index (κ2) is 9.55. The van der Waals surface area contributed by atoms with Crippen molar-refractivity contribution >= 4 is 11.8 Å². The number of aromatic nitrogens is 4. The van der Waals surface area contributed by atoms with Crippen LogP contribution in [0.1, 0.15) is 37.0 Å². The average molecular weight is 422 g/mol. The van der Waals surface area contributed by atoms with E-state index in [1.807, 2.05) is 31.2 Å². The third-order valence-corrected chi connectivity index (χ3v) is 5.37. The fraction of sp³-hybridized carbons (Fsp3) is 0.409. The minimum Gasteiger partial charge on any atom is -0.467 e. The third-order valence-electron chi connectivity index (χ3n) is 5.37. The first-order valence-corrected chi connectivity index (χ1v) is 10.5. The van der Waals surface area contributed by atoms with Gasteiger partial charge >= 0.3 is 0 Å². The Morgan fingerprint density at radius 2 is 1.97 bits per heavy atom. The molecule has 1 aromatic carbocycles. The van der Waals surface area contributed by atoms with E-state index in [1.165, 1.54) is 9.70 Å². The van der Waals surface area contributed by atoms with E-state index in [4.69, 9.17) is 4.42 Å². The van der Waals surface area contributed by atoms with Gasteiger partial charge in [0.05, 0.1) is 12.8 Å². The highest BCUT2D eigenvalue weighted by Gasteiger charge is 2.23. The topological polar surface area (TPSA) is 106 Å². The van der Waals surface area contributed by atoms with Crippen LogP contribution in [0, 0.1) is 6.92 Å². The molecule has 162 valence electrons. The Balaban J connectivity index is 1.42. The van der Waals surface area contributed by atoms with Gasteiger partial charge in [0.1, 0.15) is 18.8 Å². The first-order chi connectivity index (χ1) is 15.1. The number of carbonyl (C=O) groups excluding carboxylic acids is 2. The second-order valence-corrected chi connectivity index (χ2v) is 7.89. The number of rotatable bonds is 8. The maximum absolute atomic E-state index is 13.0. The summed E-state index contributed by atoms with van der Waals surface area (Å²) >= 11 is 0. The van der Waals surface area contributed by atoms with Gasteiger partial charge in [0.2, 0.25) is 17.6 Å². The predicted molar refractivity (Wildman–Crippen MR) is 113 cm³/mol. The number of nitrogens with zero attached hydrogens (tertiary/aromatic N) is 5. The molecule has 0 spiro atoms. The van der Waals surface area contributed by atoms with E-state index in [0.717, 1.165) is 36.8 Å². The number of carbonyl (C=O) groups is 2. The maximum atomic E-state index is 13.0. The quantitative estimate of drug-likeness (QED) is 0.597. The van der Waals surface area contributed by atoms with Gasteiger partial charge in [0, 0.05) is 11.6 Å². The number of tetrazole rings is 1. The molecule has 0 radical (unpaired) electrons. The lowest BCUT2D eigenvalue weighted by atomic mass is 10.1. The summed E-state index contributed by atoms with van der Waals surface area (Å²) in [6, 6.07) is 11.5. The van der Waals surface area contributed by atoms with Gasteiger partial charge in [-0.1, -0.05) is 42.7 Å². The fourth-order valence-electron chi connectivity index (χ4n) is 3.69. The van der Waals surface area contributed by atoms with Gasteiger partial charge < -0.3 is 14.6 Å². The van der Waals surface area contributed by atoms with Crippen LogP contribution in [0.4, 0.5) is 0 Å². The fourth-order valence-corrected chi connectivity index (χ4v) is 3.69. The van der Waals surface area contributed by atoms with E-state index < -0.39 is 0 Å².